The average Bonchev–Trinajstić information content (AvgIpc) is 2.81. The van der Waals surface area contributed by atoms with E-state index in [0.717, 1.165) is 6.42 Å². The van der Waals surface area contributed by atoms with Gasteiger partial charge in [-0.3, -0.25) is 4.79 Å². The van der Waals surface area contributed by atoms with Gasteiger partial charge >= 0.3 is 6.03 Å². The zero-order chi connectivity index (χ0) is 21.8. The number of morpholine rings is 1. The highest BCUT2D eigenvalue weighted by molar-refractivity contribution is 5.94. The fourth-order valence-corrected chi connectivity index (χ4v) is 4.61. The predicted molar refractivity (Wildman–Crippen MR) is 120 cm³/mol. The lowest BCUT2D eigenvalue weighted by molar-refractivity contribution is 0.0390. The van der Waals surface area contributed by atoms with Crippen LogP contribution in [0.25, 0.3) is 0 Å². The summed E-state index contributed by atoms with van der Waals surface area (Å²) in [4.78, 5) is 29.9. The topological polar surface area (TPSA) is 61.9 Å². The van der Waals surface area contributed by atoms with Crippen molar-refractivity contribution in [3.8, 4) is 0 Å². The van der Waals surface area contributed by atoms with Crippen molar-refractivity contribution < 1.29 is 14.3 Å². The van der Waals surface area contributed by atoms with Gasteiger partial charge in [0.25, 0.3) is 5.91 Å². The molecule has 0 radical (unpaired) electrons. The first-order chi connectivity index (χ1) is 15.0. The summed E-state index contributed by atoms with van der Waals surface area (Å²) in [6, 6.07) is 15.6. The van der Waals surface area contributed by atoms with Gasteiger partial charge in [0.15, 0.2) is 0 Å². The van der Waals surface area contributed by atoms with Crippen LogP contribution in [0.2, 0.25) is 0 Å². The molecule has 6 heteroatoms. The monoisotopic (exact) mass is 421 g/mol. The predicted octanol–water partition coefficient (Wildman–Crippen LogP) is 3.34. The summed E-state index contributed by atoms with van der Waals surface area (Å²) in [7, 11) is 0. The van der Waals surface area contributed by atoms with E-state index in [1.807, 2.05) is 40.1 Å². The Labute approximate surface area is 184 Å². The van der Waals surface area contributed by atoms with Gasteiger partial charge in [-0.1, -0.05) is 36.4 Å². The number of nitrogens with one attached hydrogen (secondary N) is 1. The van der Waals surface area contributed by atoms with E-state index in [1.54, 1.807) is 0 Å². The second-order valence-corrected chi connectivity index (χ2v) is 8.55. The molecule has 2 atom stereocenters. The molecule has 2 aliphatic heterocycles. The second-order valence-electron chi connectivity index (χ2n) is 8.55. The summed E-state index contributed by atoms with van der Waals surface area (Å²) in [6.07, 6.45) is 0.815. The lowest BCUT2D eigenvalue weighted by Gasteiger charge is -2.41. The quantitative estimate of drug-likeness (QED) is 0.827. The molecule has 0 saturated carbocycles. The number of aryl methyl sites for hydroxylation is 1. The largest absolute Gasteiger partial charge is 0.378 e. The van der Waals surface area contributed by atoms with Crippen molar-refractivity contribution in [3.63, 3.8) is 0 Å². The molecule has 0 aliphatic carbocycles. The Bertz CT molecular complexity index is 925. The molecule has 2 heterocycles. The number of carbonyl (C=O) groups is 2. The number of hydrogen-bond acceptors (Lipinski definition) is 3. The Balaban J connectivity index is 1.56. The zero-order valence-corrected chi connectivity index (χ0v) is 18.3. The molecule has 2 saturated heterocycles. The standard InChI is InChI=1S/C25H31N3O3/c1-18-7-6-10-23(19(18)2)21-15-22(26-24(29)20-8-4-3-5-9-20)17-28(16-21)25(30)27-11-13-31-14-12-27/h3-10,21-22H,11-17H2,1-2H3,(H,26,29). The van der Waals surface area contributed by atoms with E-state index < -0.39 is 0 Å². The van der Waals surface area contributed by atoms with Crippen LogP contribution in [0.4, 0.5) is 4.79 Å². The maximum Gasteiger partial charge on any atom is 0.320 e. The SMILES string of the molecule is Cc1cccc(C2CC(NC(=O)c3ccccc3)CN(C(=O)N3CCOCC3)C2)c1C. The Morgan fingerprint density at radius 1 is 0.935 bits per heavy atom. The van der Waals surface area contributed by atoms with Crippen molar-refractivity contribution >= 4 is 11.9 Å². The van der Waals surface area contributed by atoms with Crippen LogP contribution in [0.3, 0.4) is 0 Å². The van der Waals surface area contributed by atoms with E-state index in [0.29, 0.717) is 45.0 Å². The minimum Gasteiger partial charge on any atom is -0.378 e. The molecular weight excluding hydrogens is 390 g/mol. The molecule has 0 aromatic heterocycles. The third-order valence-electron chi connectivity index (χ3n) is 6.46. The lowest BCUT2D eigenvalue weighted by atomic mass is 9.84. The van der Waals surface area contributed by atoms with Crippen molar-refractivity contribution in [2.45, 2.75) is 32.2 Å². The maximum absolute atomic E-state index is 13.3. The molecule has 2 aliphatic rings. The average molecular weight is 422 g/mol. The minimum atomic E-state index is -0.101. The molecule has 2 unspecified atom stereocenters. The van der Waals surface area contributed by atoms with E-state index in [4.69, 9.17) is 4.74 Å². The Morgan fingerprint density at radius 2 is 1.68 bits per heavy atom. The van der Waals surface area contributed by atoms with Crippen LogP contribution in [0, 0.1) is 13.8 Å². The van der Waals surface area contributed by atoms with Crippen LogP contribution in [0.5, 0.6) is 0 Å². The summed E-state index contributed by atoms with van der Waals surface area (Å²) in [5.74, 6) is 0.0886. The van der Waals surface area contributed by atoms with Crippen LogP contribution in [0.15, 0.2) is 48.5 Å². The number of hydrogen-bond donors (Lipinski definition) is 1. The Kier molecular flexibility index (Phi) is 6.56. The highest BCUT2D eigenvalue weighted by Gasteiger charge is 2.34. The third-order valence-corrected chi connectivity index (χ3v) is 6.46. The number of rotatable bonds is 3. The molecule has 31 heavy (non-hydrogen) atoms. The molecule has 4 rings (SSSR count). The van der Waals surface area contributed by atoms with Crippen molar-refractivity contribution in [1.82, 2.24) is 15.1 Å². The van der Waals surface area contributed by atoms with Crippen molar-refractivity contribution in [2.24, 2.45) is 0 Å². The number of carbonyl (C=O) groups excluding carboxylic acids is 2. The summed E-state index contributed by atoms with van der Waals surface area (Å²) in [6.45, 7) is 7.84. The minimum absolute atomic E-state index is 0.0391. The van der Waals surface area contributed by atoms with Gasteiger partial charge in [0.05, 0.1) is 13.2 Å². The third kappa shape index (κ3) is 4.90. The number of ether oxygens (including phenoxy) is 1. The number of piperidine rings is 1. The summed E-state index contributed by atoms with van der Waals surface area (Å²) in [5, 5.41) is 3.18. The molecular formula is C25H31N3O3. The number of nitrogens with zero attached hydrogens (tertiary/aromatic N) is 2. The first-order valence-corrected chi connectivity index (χ1v) is 11.1. The van der Waals surface area contributed by atoms with Gasteiger partial charge in [0.2, 0.25) is 0 Å². The molecule has 3 amide bonds. The summed E-state index contributed by atoms with van der Waals surface area (Å²) < 4.78 is 5.41. The smallest absolute Gasteiger partial charge is 0.320 e. The van der Waals surface area contributed by atoms with Crippen LogP contribution in [0.1, 0.15) is 39.4 Å². The van der Waals surface area contributed by atoms with E-state index in [2.05, 4.69) is 37.4 Å². The van der Waals surface area contributed by atoms with Crippen molar-refractivity contribution in [2.75, 3.05) is 39.4 Å². The van der Waals surface area contributed by atoms with Gasteiger partial charge in [-0.2, -0.15) is 0 Å². The van der Waals surface area contributed by atoms with Crippen LogP contribution < -0.4 is 5.32 Å². The molecule has 2 aromatic rings. The fraction of sp³-hybridized carbons (Fsp3) is 0.440. The number of amides is 3. The Morgan fingerprint density at radius 3 is 2.42 bits per heavy atom. The summed E-state index contributed by atoms with van der Waals surface area (Å²) in [5.41, 5.74) is 4.42. The van der Waals surface area contributed by atoms with E-state index in [-0.39, 0.29) is 23.9 Å². The number of benzene rings is 2. The molecule has 2 aromatic carbocycles. The first-order valence-electron chi connectivity index (χ1n) is 11.1. The zero-order valence-electron chi connectivity index (χ0n) is 18.3. The number of likely N-dealkylation sites (tertiary alicyclic amines) is 1. The molecule has 0 spiro atoms. The molecule has 1 N–H and O–H groups in total. The van der Waals surface area contributed by atoms with Crippen LogP contribution >= 0.6 is 0 Å². The van der Waals surface area contributed by atoms with Gasteiger partial charge in [-0.25, -0.2) is 4.79 Å². The Hall–Kier alpha value is -2.86. The van der Waals surface area contributed by atoms with Crippen molar-refractivity contribution in [1.29, 1.82) is 0 Å². The van der Waals surface area contributed by atoms with Crippen molar-refractivity contribution in [3.05, 3.63) is 70.8 Å². The molecule has 6 nitrogen and oxygen atoms in total. The van der Waals surface area contributed by atoms with Gasteiger partial charge in [0.1, 0.15) is 0 Å². The van der Waals surface area contributed by atoms with E-state index in [1.165, 1.54) is 16.7 Å². The van der Waals surface area contributed by atoms with Gasteiger partial charge in [-0.15, -0.1) is 0 Å². The van der Waals surface area contributed by atoms with E-state index in [9.17, 15) is 9.59 Å². The van der Waals surface area contributed by atoms with Gasteiger partial charge < -0.3 is 19.9 Å². The van der Waals surface area contributed by atoms with Gasteiger partial charge in [-0.05, 0) is 49.1 Å². The first kappa shape index (κ1) is 21.4. The molecule has 0 bridgehead atoms. The van der Waals surface area contributed by atoms with Crippen LogP contribution in [-0.4, -0.2) is 67.2 Å². The fourth-order valence-electron chi connectivity index (χ4n) is 4.61. The second kappa shape index (κ2) is 9.52. The molecule has 2 fully saturated rings. The maximum atomic E-state index is 13.3. The van der Waals surface area contributed by atoms with Crippen LogP contribution in [-0.2, 0) is 4.74 Å². The lowest BCUT2D eigenvalue weighted by Crippen LogP contribution is -2.56. The summed E-state index contributed by atoms with van der Waals surface area (Å²) >= 11 is 0. The number of urea groups is 1. The highest BCUT2D eigenvalue weighted by Crippen LogP contribution is 2.31. The van der Waals surface area contributed by atoms with E-state index >= 15 is 0 Å². The molecule has 164 valence electrons. The van der Waals surface area contributed by atoms with Gasteiger partial charge in [0, 0.05) is 43.7 Å². The normalized spacial score (nSPS) is 21.6. The highest BCUT2D eigenvalue weighted by atomic mass is 16.5.